The number of hydrogen-bond acceptors (Lipinski definition) is 3. The quantitative estimate of drug-likeness (QED) is 0.814. The number of nitriles is 1. The van der Waals surface area contributed by atoms with Crippen LogP contribution in [0.15, 0.2) is 29.0 Å². The van der Waals surface area contributed by atoms with Gasteiger partial charge in [0.1, 0.15) is 6.07 Å². The Morgan fingerprint density at radius 3 is 2.94 bits per heavy atom. The van der Waals surface area contributed by atoms with Gasteiger partial charge in [-0.25, -0.2) is 4.98 Å². The molecule has 1 aromatic heterocycles. The first-order chi connectivity index (χ1) is 7.63. The van der Waals surface area contributed by atoms with Crippen LogP contribution in [0.5, 0.6) is 0 Å². The Hall–Kier alpha value is -1.80. The fourth-order valence-corrected chi connectivity index (χ4v) is 2.00. The molecule has 1 aromatic carbocycles. The predicted molar refractivity (Wildman–Crippen MR) is 65.1 cm³/mol. The number of halogens is 1. The lowest BCUT2D eigenvalue weighted by atomic mass is 10.2. The van der Waals surface area contributed by atoms with Gasteiger partial charge in [-0.05, 0) is 40.5 Å². The topological polar surface area (TPSA) is 67.6 Å². The zero-order chi connectivity index (χ0) is 11.7. The van der Waals surface area contributed by atoms with Crippen LogP contribution in [-0.4, -0.2) is 9.55 Å². The Bertz CT molecular complexity index is 580. The Labute approximate surface area is 101 Å². The largest absolute Gasteiger partial charge is 0.398 e. The lowest BCUT2D eigenvalue weighted by molar-refractivity contribution is 1.01. The molecule has 0 fully saturated rings. The van der Waals surface area contributed by atoms with Crippen molar-refractivity contribution in [3.63, 3.8) is 0 Å². The molecule has 0 bridgehead atoms. The zero-order valence-corrected chi connectivity index (χ0v) is 10.2. The number of nitrogens with zero attached hydrogens (tertiary/aromatic N) is 3. The van der Waals surface area contributed by atoms with E-state index in [4.69, 9.17) is 11.0 Å². The van der Waals surface area contributed by atoms with Crippen molar-refractivity contribution in [3.05, 3.63) is 40.4 Å². The number of imidazole rings is 1. The van der Waals surface area contributed by atoms with Crippen molar-refractivity contribution in [3.8, 4) is 11.8 Å². The molecular weight excluding hydrogens is 268 g/mol. The van der Waals surface area contributed by atoms with E-state index >= 15 is 0 Å². The van der Waals surface area contributed by atoms with Crippen LogP contribution < -0.4 is 5.73 Å². The molecule has 16 heavy (non-hydrogen) atoms. The molecule has 0 atom stereocenters. The number of benzene rings is 1. The Morgan fingerprint density at radius 1 is 1.50 bits per heavy atom. The highest BCUT2D eigenvalue weighted by molar-refractivity contribution is 9.10. The molecule has 0 aliphatic carbocycles. The first-order valence-corrected chi connectivity index (χ1v) is 5.42. The van der Waals surface area contributed by atoms with E-state index in [0.717, 1.165) is 15.7 Å². The fourth-order valence-electron chi connectivity index (χ4n) is 1.45. The summed E-state index contributed by atoms with van der Waals surface area (Å²) in [6.45, 7) is 1.92. The molecule has 2 rings (SSSR count). The number of nitrogen functional groups attached to an aromatic ring is 1. The van der Waals surface area contributed by atoms with E-state index < -0.39 is 0 Å². The van der Waals surface area contributed by atoms with Gasteiger partial charge in [-0.15, -0.1) is 0 Å². The van der Waals surface area contributed by atoms with Gasteiger partial charge in [-0.2, -0.15) is 5.26 Å². The molecule has 4 nitrogen and oxygen atoms in total. The number of aromatic nitrogens is 2. The maximum absolute atomic E-state index is 8.91. The van der Waals surface area contributed by atoms with Gasteiger partial charge in [-0.1, -0.05) is 0 Å². The van der Waals surface area contributed by atoms with Gasteiger partial charge < -0.3 is 5.73 Å². The van der Waals surface area contributed by atoms with Crippen LogP contribution >= 0.6 is 15.9 Å². The van der Waals surface area contributed by atoms with Crippen LogP contribution in [0.2, 0.25) is 0 Å². The molecule has 0 aliphatic heterocycles. The standard InChI is InChI=1S/C11H9BrN4/c1-7-4-10(8(12)5-9(7)14)16-3-2-15-11(16)6-13/h2-5H,14H2,1H3. The highest BCUT2D eigenvalue weighted by atomic mass is 79.9. The smallest absolute Gasteiger partial charge is 0.217 e. The highest BCUT2D eigenvalue weighted by Crippen LogP contribution is 2.27. The molecular formula is C11H9BrN4. The van der Waals surface area contributed by atoms with E-state index in [1.807, 2.05) is 25.1 Å². The van der Waals surface area contributed by atoms with Gasteiger partial charge in [0, 0.05) is 22.6 Å². The van der Waals surface area contributed by atoms with E-state index in [0.29, 0.717) is 11.5 Å². The van der Waals surface area contributed by atoms with Crippen molar-refractivity contribution in [2.75, 3.05) is 5.73 Å². The third-order valence-electron chi connectivity index (χ3n) is 2.34. The number of nitrogens with two attached hydrogens (primary N) is 1. The minimum Gasteiger partial charge on any atom is -0.398 e. The summed E-state index contributed by atoms with van der Waals surface area (Å²) in [5, 5.41) is 8.91. The maximum Gasteiger partial charge on any atom is 0.217 e. The minimum absolute atomic E-state index is 0.352. The molecule has 0 spiro atoms. The Morgan fingerprint density at radius 2 is 2.25 bits per heavy atom. The van der Waals surface area contributed by atoms with Crippen molar-refractivity contribution < 1.29 is 0 Å². The Kier molecular flexibility index (Phi) is 2.67. The lowest BCUT2D eigenvalue weighted by Crippen LogP contribution is -2.00. The number of rotatable bonds is 1. The summed E-state index contributed by atoms with van der Waals surface area (Å²) in [7, 11) is 0. The average molecular weight is 277 g/mol. The number of hydrogen-bond donors (Lipinski definition) is 1. The van der Waals surface area contributed by atoms with Gasteiger partial charge in [0.15, 0.2) is 0 Å². The SMILES string of the molecule is Cc1cc(-n2ccnc2C#N)c(Br)cc1N. The van der Waals surface area contributed by atoms with E-state index in [-0.39, 0.29) is 0 Å². The van der Waals surface area contributed by atoms with E-state index in [2.05, 4.69) is 20.9 Å². The van der Waals surface area contributed by atoms with Crippen LogP contribution in [0.1, 0.15) is 11.4 Å². The molecule has 1 heterocycles. The molecule has 2 aromatic rings. The van der Waals surface area contributed by atoms with Gasteiger partial charge in [0.05, 0.1) is 5.69 Å². The molecule has 0 saturated heterocycles. The highest BCUT2D eigenvalue weighted by Gasteiger charge is 2.09. The summed E-state index contributed by atoms with van der Waals surface area (Å²) in [6.07, 6.45) is 3.34. The van der Waals surface area contributed by atoms with Crippen molar-refractivity contribution in [1.82, 2.24) is 9.55 Å². The van der Waals surface area contributed by atoms with Crippen LogP contribution in [0.25, 0.3) is 5.69 Å². The first kappa shape index (κ1) is 10.7. The molecule has 0 aliphatic rings. The van der Waals surface area contributed by atoms with E-state index in [1.165, 1.54) is 0 Å². The van der Waals surface area contributed by atoms with E-state index in [9.17, 15) is 0 Å². The van der Waals surface area contributed by atoms with Crippen LogP contribution in [0, 0.1) is 18.3 Å². The third kappa shape index (κ3) is 1.68. The molecule has 0 radical (unpaired) electrons. The average Bonchev–Trinajstić information content (AvgIpc) is 2.71. The van der Waals surface area contributed by atoms with Crippen molar-refractivity contribution >= 4 is 21.6 Å². The lowest BCUT2D eigenvalue weighted by Gasteiger charge is -2.09. The summed E-state index contributed by atoms with van der Waals surface area (Å²) in [6, 6.07) is 5.78. The van der Waals surface area contributed by atoms with Crippen LogP contribution in [0.4, 0.5) is 5.69 Å². The molecule has 2 N–H and O–H groups in total. The van der Waals surface area contributed by atoms with Crippen LogP contribution in [-0.2, 0) is 0 Å². The summed E-state index contributed by atoms with van der Waals surface area (Å²) in [4.78, 5) is 3.95. The summed E-state index contributed by atoms with van der Waals surface area (Å²) < 4.78 is 2.56. The maximum atomic E-state index is 8.91. The molecule has 0 amide bonds. The van der Waals surface area contributed by atoms with Crippen LogP contribution in [0.3, 0.4) is 0 Å². The fraction of sp³-hybridized carbons (Fsp3) is 0.0909. The van der Waals surface area contributed by atoms with Gasteiger partial charge in [0.25, 0.3) is 0 Å². The minimum atomic E-state index is 0.352. The Balaban J connectivity index is 2.66. The van der Waals surface area contributed by atoms with E-state index in [1.54, 1.807) is 17.0 Å². The molecule has 0 saturated carbocycles. The summed E-state index contributed by atoms with van der Waals surface area (Å²) in [5.74, 6) is 0.352. The van der Waals surface area contributed by atoms with Crippen molar-refractivity contribution in [2.45, 2.75) is 6.92 Å². The van der Waals surface area contributed by atoms with Gasteiger partial charge in [-0.3, -0.25) is 4.57 Å². The monoisotopic (exact) mass is 276 g/mol. The second-order valence-corrected chi connectivity index (χ2v) is 4.25. The number of aryl methyl sites for hydroxylation is 1. The normalized spacial score (nSPS) is 10.1. The van der Waals surface area contributed by atoms with Gasteiger partial charge >= 0.3 is 0 Å². The molecule has 80 valence electrons. The van der Waals surface area contributed by atoms with Crippen molar-refractivity contribution in [1.29, 1.82) is 5.26 Å². The molecule has 0 unspecified atom stereocenters. The second-order valence-electron chi connectivity index (χ2n) is 3.39. The first-order valence-electron chi connectivity index (χ1n) is 4.63. The predicted octanol–water partition coefficient (Wildman–Crippen LogP) is 2.40. The summed E-state index contributed by atoms with van der Waals surface area (Å²) >= 11 is 3.43. The molecule has 5 heteroatoms. The van der Waals surface area contributed by atoms with Gasteiger partial charge in [0.2, 0.25) is 5.82 Å². The zero-order valence-electron chi connectivity index (χ0n) is 8.61. The second kappa shape index (κ2) is 3.99. The third-order valence-corrected chi connectivity index (χ3v) is 2.97. The summed E-state index contributed by atoms with van der Waals surface area (Å²) in [5.41, 5.74) is 8.34. The number of anilines is 1. The van der Waals surface area contributed by atoms with Crippen molar-refractivity contribution in [2.24, 2.45) is 0 Å².